The molecule has 0 fully saturated rings. The summed E-state index contributed by atoms with van der Waals surface area (Å²) in [5, 5.41) is 10.7. The summed E-state index contributed by atoms with van der Waals surface area (Å²) >= 11 is 3.37. The quantitative estimate of drug-likeness (QED) is 0.779. The van der Waals surface area contributed by atoms with Crippen molar-refractivity contribution < 1.29 is 4.79 Å². The molecule has 0 unspecified atom stereocenters. The van der Waals surface area contributed by atoms with E-state index in [2.05, 4.69) is 31.6 Å². The van der Waals surface area contributed by atoms with E-state index in [1.165, 1.54) is 0 Å². The zero-order valence-corrected chi connectivity index (χ0v) is 13.2. The van der Waals surface area contributed by atoms with E-state index in [0.717, 1.165) is 10.0 Å². The third-order valence-corrected chi connectivity index (χ3v) is 3.53. The fourth-order valence-corrected chi connectivity index (χ4v) is 2.41. The lowest BCUT2D eigenvalue weighted by Gasteiger charge is -2.02. The molecule has 110 valence electrons. The van der Waals surface area contributed by atoms with Crippen LogP contribution in [0.2, 0.25) is 0 Å². The van der Waals surface area contributed by atoms with Gasteiger partial charge in [-0.2, -0.15) is 0 Å². The van der Waals surface area contributed by atoms with Crippen LogP contribution in [0.15, 0.2) is 65.3 Å². The first-order valence-corrected chi connectivity index (χ1v) is 7.51. The number of nitrogens with zero attached hydrogens (tertiary/aromatic N) is 3. The maximum absolute atomic E-state index is 12.1. The van der Waals surface area contributed by atoms with Gasteiger partial charge < -0.3 is 5.32 Å². The minimum atomic E-state index is -0.280. The topological polar surface area (TPSA) is 59.8 Å². The Balaban J connectivity index is 1.69. The Hall–Kier alpha value is -2.47. The van der Waals surface area contributed by atoms with Gasteiger partial charge in [-0.1, -0.05) is 57.5 Å². The van der Waals surface area contributed by atoms with Gasteiger partial charge in [0.15, 0.2) is 5.69 Å². The van der Waals surface area contributed by atoms with Crippen LogP contribution in [0.3, 0.4) is 0 Å². The van der Waals surface area contributed by atoms with Gasteiger partial charge in [0, 0.05) is 10.2 Å². The van der Waals surface area contributed by atoms with Gasteiger partial charge >= 0.3 is 0 Å². The van der Waals surface area contributed by atoms with Gasteiger partial charge in [-0.15, -0.1) is 5.10 Å². The number of benzene rings is 2. The molecule has 5 nitrogen and oxygen atoms in total. The molecule has 0 atom stereocenters. The summed E-state index contributed by atoms with van der Waals surface area (Å²) in [6, 6.07) is 17.3. The number of halogens is 1. The maximum atomic E-state index is 12.1. The number of amides is 1. The highest BCUT2D eigenvalue weighted by molar-refractivity contribution is 9.10. The van der Waals surface area contributed by atoms with Crippen molar-refractivity contribution in [1.82, 2.24) is 15.0 Å². The van der Waals surface area contributed by atoms with Crippen LogP contribution in [0.25, 0.3) is 0 Å². The van der Waals surface area contributed by atoms with Crippen LogP contribution in [-0.2, 0) is 6.54 Å². The molecule has 0 aliphatic heterocycles. The molecule has 2 aromatic carbocycles. The largest absolute Gasteiger partial charge is 0.321 e. The summed E-state index contributed by atoms with van der Waals surface area (Å²) in [6.45, 7) is 0.581. The highest BCUT2D eigenvalue weighted by Gasteiger charge is 2.11. The summed E-state index contributed by atoms with van der Waals surface area (Å²) in [5.74, 6) is -0.280. The highest BCUT2D eigenvalue weighted by Crippen LogP contribution is 2.16. The van der Waals surface area contributed by atoms with Crippen LogP contribution >= 0.6 is 15.9 Å². The Morgan fingerprint density at radius 3 is 2.73 bits per heavy atom. The molecule has 1 amide bonds. The number of carbonyl (C=O) groups is 1. The van der Waals surface area contributed by atoms with Crippen LogP contribution < -0.4 is 5.32 Å². The first-order valence-electron chi connectivity index (χ1n) is 6.72. The Kier molecular flexibility index (Phi) is 4.29. The SMILES string of the molecule is O=C(Nc1cccc(Br)c1)c1cn(Cc2ccccc2)nn1. The molecule has 6 heteroatoms. The molecule has 0 aliphatic carbocycles. The highest BCUT2D eigenvalue weighted by atomic mass is 79.9. The van der Waals surface area contributed by atoms with Gasteiger partial charge in [0.25, 0.3) is 5.91 Å². The first-order chi connectivity index (χ1) is 10.7. The minimum Gasteiger partial charge on any atom is -0.321 e. The minimum absolute atomic E-state index is 0.280. The molecule has 0 saturated heterocycles. The zero-order valence-electron chi connectivity index (χ0n) is 11.6. The van der Waals surface area contributed by atoms with Gasteiger partial charge in [-0.25, -0.2) is 4.68 Å². The van der Waals surface area contributed by atoms with Gasteiger partial charge in [0.1, 0.15) is 0 Å². The maximum Gasteiger partial charge on any atom is 0.277 e. The van der Waals surface area contributed by atoms with Crippen molar-refractivity contribution in [3.05, 3.63) is 76.5 Å². The number of hydrogen-bond acceptors (Lipinski definition) is 3. The number of nitrogens with one attached hydrogen (secondary N) is 1. The Morgan fingerprint density at radius 2 is 1.95 bits per heavy atom. The van der Waals surface area contributed by atoms with Crippen molar-refractivity contribution in [2.45, 2.75) is 6.54 Å². The molecule has 0 radical (unpaired) electrons. The molecule has 1 aromatic heterocycles. The second kappa shape index (κ2) is 6.53. The fraction of sp³-hybridized carbons (Fsp3) is 0.0625. The fourth-order valence-electron chi connectivity index (χ4n) is 2.01. The van der Waals surface area contributed by atoms with Crippen LogP contribution in [-0.4, -0.2) is 20.9 Å². The Morgan fingerprint density at radius 1 is 1.14 bits per heavy atom. The van der Waals surface area contributed by atoms with E-state index in [4.69, 9.17) is 0 Å². The number of hydrogen-bond donors (Lipinski definition) is 1. The molecule has 1 N–H and O–H groups in total. The van der Waals surface area contributed by atoms with E-state index < -0.39 is 0 Å². The number of aromatic nitrogens is 3. The molecule has 0 saturated carbocycles. The Labute approximate surface area is 136 Å². The van der Waals surface area contributed by atoms with Crippen molar-refractivity contribution in [2.24, 2.45) is 0 Å². The van der Waals surface area contributed by atoms with E-state index in [1.807, 2.05) is 54.6 Å². The average Bonchev–Trinajstić information content (AvgIpc) is 2.97. The third-order valence-electron chi connectivity index (χ3n) is 3.04. The summed E-state index contributed by atoms with van der Waals surface area (Å²) in [7, 11) is 0. The van der Waals surface area contributed by atoms with Gasteiger partial charge in [-0.3, -0.25) is 4.79 Å². The summed E-state index contributed by atoms with van der Waals surface area (Å²) < 4.78 is 2.54. The molecule has 3 rings (SSSR count). The standard InChI is InChI=1S/C16H13BrN4O/c17-13-7-4-8-14(9-13)18-16(22)15-11-21(20-19-15)10-12-5-2-1-3-6-12/h1-9,11H,10H2,(H,18,22). The molecule has 1 heterocycles. The molecule has 3 aromatic rings. The monoisotopic (exact) mass is 356 g/mol. The molecular weight excluding hydrogens is 344 g/mol. The molecule has 0 bridgehead atoms. The van der Waals surface area contributed by atoms with Gasteiger partial charge in [0.2, 0.25) is 0 Å². The zero-order chi connectivity index (χ0) is 15.4. The number of anilines is 1. The molecule has 0 spiro atoms. The average molecular weight is 357 g/mol. The van der Waals surface area contributed by atoms with Crippen LogP contribution in [0, 0.1) is 0 Å². The van der Waals surface area contributed by atoms with E-state index >= 15 is 0 Å². The molecule has 0 aliphatic rings. The molecular formula is C16H13BrN4O. The lowest BCUT2D eigenvalue weighted by Crippen LogP contribution is -2.12. The van der Waals surface area contributed by atoms with Gasteiger partial charge in [0.05, 0.1) is 12.7 Å². The van der Waals surface area contributed by atoms with Crippen LogP contribution in [0.1, 0.15) is 16.1 Å². The second-order valence-electron chi connectivity index (χ2n) is 4.75. The summed E-state index contributed by atoms with van der Waals surface area (Å²) in [6.07, 6.45) is 1.64. The first kappa shape index (κ1) is 14.5. The molecule has 22 heavy (non-hydrogen) atoms. The predicted octanol–water partition coefficient (Wildman–Crippen LogP) is 3.34. The van der Waals surface area contributed by atoms with Crippen molar-refractivity contribution in [3.63, 3.8) is 0 Å². The Bertz CT molecular complexity index is 786. The van der Waals surface area contributed by atoms with E-state index in [0.29, 0.717) is 12.2 Å². The summed E-state index contributed by atoms with van der Waals surface area (Å²) in [5.41, 5.74) is 2.10. The normalized spacial score (nSPS) is 10.4. The van der Waals surface area contributed by atoms with Crippen LogP contribution in [0.5, 0.6) is 0 Å². The van der Waals surface area contributed by atoms with Gasteiger partial charge in [-0.05, 0) is 23.8 Å². The van der Waals surface area contributed by atoms with E-state index in [9.17, 15) is 4.79 Å². The van der Waals surface area contributed by atoms with Crippen LogP contribution in [0.4, 0.5) is 5.69 Å². The van der Waals surface area contributed by atoms with Crippen molar-refractivity contribution in [1.29, 1.82) is 0 Å². The van der Waals surface area contributed by atoms with E-state index in [1.54, 1.807) is 10.9 Å². The predicted molar refractivity (Wildman–Crippen MR) is 87.7 cm³/mol. The smallest absolute Gasteiger partial charge is 0.277 e. The van der Waals surface area contributed by atoms with Crippen molar-refractivity contribution in [3.8, 4) is 0 Å². The third kappa shape index (κ3) is 3.59. The number of rotatable bonds is 4. The summed E-state index contributed by atoms with van der Waals surface area (Å²) in [4.78, 5) is 12.1. The lowest BCUT2D eigenvalue weighted by molar-refractivity contribution is 0.102. The lowest BCUT2D eigenvalue weighted by atomic mass is 10.2. The second-order valence-corrected chi connectivity index (χ2v) is 5.67. The number of carbonyl (C=O) groups excluding carboxylic acids is 1. The van der Waals surface area contributed by atoms with Crippen molar-refractivity contribution in [2.75, 3.05) is 5.32 Å². The van der Waals surface area contributed by atoms with Crippen molar-refractivity contribution >= 4 is 27.5 Å². The van der Waals surface area contributed by atoms with E-state index in [-0.39, 0.29) is 11.6 Å².